The van der Waals surface area contributed by atoms with Gasteiger partial charge >= 0.3 is 18.0 Å². The number of hydrogen-bond donors (Lipinski definition) is 6. The summed E-state index contributed by atoms with van der Waals surface area (Å²) in [7, 11) is 1.76. The van der Waals surface area contributed by atoms with Gasteiger partial charge in [-0.05, 0) is 54.6 Å². The molecule has 2 aromatic rings. The number of carbonyl (C=O) groups excluding carboxylic acids is 3. The van der Waals surface area contributed by atoms with Gasteiger partial charge in [0.1, 0.15) is 6.04 Å². The molecule has 1 fully saturated rings. The number of aliphatic carboxylic acids is 2. The van der Waals surface area contributed by atoms with Crippen LogP contribution in [0.25, 0.3) is 0 Å². The smallest absolute Gasteiger partial charge is 0.328 e. The van der Waals surface area contributed by atoms with Gasteiger partial charge in [0.2, 0.25) is 11.8 Å². The summed E-state index contributed by atoms with van der Waals surface area (Å²) in [4.78, 5) is 73.1. The molecule has 0 radical (unpaired) electrons. The molecule has 3 rings (SSSR count). The minimum atomic E-state index is -1.37. The second-order valence-electron chi connectivity index (χ2n) is 12.9. The number of nitro groups is 1. The van der Waals surface area contributed by atoms with Crippen molar-refractivity contribution in [1.29, 1.82) is 0 Å². The highest BCUT2D eigenvalue weighted by molar-refractivity contribution is 5.99. The summed E-state index contributed by atoms with van der Waals surface area (Å²) in [6.45, 7) is 5.53. The zero-order chi connectivity index (χ0) is 35.6. The first kappa shape index (κ1) is 37.4. The number of likely N-dealkylation sites (N-methyl/N-ethyl adjacent to an activating group) is 1. The molecule has 0 aromatic heterocycles. The molecule has 1 aliphatic heterocycles. The van der Waals surface area contributed by atoms with Gasteiger partial charge in [-0.15, -0.1) is 0 Å². The molecule has 48 heavy (non-hydrogen) atoms. The summed E-state index contributed by atoms with van der Waals surface area (Å²) in [6.07, 6.45) is 0.463. The second kappa shape index (κ2) is 16.6. The number of urea groups is 1. The van der Waals surface area contributed by atoms with Crippen molar-refractivity contribution >= 4 is 46.8 Å². The van der Waals surface area contributed by atoms with Crippen LogP contribution in [0.3, 0.4) is 0 Å². The Hall–Kier alpha value is -5.09. The van der Waals surface area contributed by atoms with E-state index in [4.69, 9.17) is 4.74 Å². The topological polar surface area (TPSA) is 230 Å². The minimum Gasteiger partial charge on any atom is -0.480 e. The second-order valence-corrected chi connectivity index (χ2v) is 12.9. The van der Waals surface area contributed by atoms with E-state index in [0.717, 1.165) is 5.56 Å². The van der Waals surface area contributed by atoms with Crippen LogP contribution >= 0.6 is 0 Å². The summed E-state index contributed by atoms with van der Waals surface area (Å²) in [5.74, 6) is -3.50. The molecular formula is C32H42N6O10. The van der Waals surface area contributed by atoms with E-state index in [2.05, 4.69) is 21.3 Å². The van der Waals surface area contributed by atoms with E-state index >= 15 is 0 Å². The number of hydrogen-bond acceptors (Lipinski definition) is 9. The molecule has 4 amide bonds. The quantitative estimate of drug-likeness (QED) is 0.0916. The van der Waals surface area contributed by atoms with Crippen LogP contribution in [0, 0.1) is 15.5 Å². The summed E-state index contributed by atoms with van der Waals surface area (Å²) in [6, 6.07) is 8.76. The maximum absolute atomic E-state index is 13.1. The Bertz CT molecular complexity index is 1480. The largest absolute Gasteiger partial charge is 0.480 e. The molecule has 0 bridgehead atoms. The standard InChI is InChI=1S/C32H42N6O10/c1-32(2,3)16-27(39)35-24(29(41)42)13-14-48-18-25(30(43)44)36-28(40)26-15-20(17-37(26)4)19-5-7-21(8-6-19)33-31(45)34-22-9-11-23(12-10-22)38(46)47/h5-12,20,24-26H,13-18H2,1-4H3,(H,35,39)(H,36,40)(H,41,42)(H,43,44)(H2,33,34,45). The Morgan fingerprint density at radius 1 is 0.938 bits per heavy atom. The normalized spacial score (nSPS) is 17.5. The monoisotopic (exact) mass is 670 g/mol. The van der Waals surface area contributed by atoms with Crippen molar-refractivity contribution in [2.24, 2.45) is 5.41 Å². The molecule has 1 heterocycles. The fourth-order valence-corrected chi connectivity index (χ4v) is 5.18. The zero-order valence-electron chi connectivity index (χ0n) is 27.2. The number of carboxylic acids is 2. The molecule has 0 aliphatic carbocycles. The van der Waals surface area contributed by atoms with Crippen LogP contribution < -0.4 is 21.3 Å². The fraction of sp³-hybridized carbons (Fsp3) is 0.469. The van der Waals surface area contributed by atoms with Gasteiger partial charge in [0.15, 0.2) is 6.04 Å². The molecular weight excluding hydrogens is 628 g/mol. The van der Waals surface area contributed by atoms with Crippen molar-refractivity contribution in [2.75, 3.05) is 37.4 Å². The summed E-state index contributed by atoms with van der Waals surface area (Å²) in [5, 5.41) is 40.2. The average Bonchev–Trinajstić information content (AvgIpc) is 3.38. The van der Waals surface area contributed by atoms with Crippen LogP contribution in [0.4, 0.5) is 21.9 Å². The predicted octanol–water partition coefficient (Wildman–Crippen LogP) is 3.01. The molecule has 1 aliphatic rings. The molecule has 4 unspecified atom stereocenters. The fourth-order valence-electron chi connectivity index (χ4n) is 5.18. The molecule has 16 nitrogen and oxygen atoms in total. The third kappa shape index (κ3) is 11.6. The van der Waals surface area contributed by atoms with Crippen LogP contribution in [-0.4, -0.2) is 94.8 Å². The number of nitrogens with zero attached hydrogens (tertiary/aromatic N) is 2. The highest BCUT2D eigenvalue weighted by atomic mass is 16.6. The van der Waals surface area contributed by atoms with Crippen molar-refractivity contribution < 1.29 is 43.8 Å². The Morgan fingerprint density at radius 3 is 2.02 bits per heavy atom. The number of ether oxygens (including phenoxy) is 1. The average molecular weight is 671 g/mol. The van der Waals surface area contributed by atoms with Crippen LogP contribution in [0.1, 0.15) is 51.5 Å². The van der Waals surface area contributed by atoms with Gasteiger partial charge < -0.3 is 36.2 Å². The van der Waals surface area contributed by atoms with Gasteiger partial charge in [0, 0.05) is 49.5 Å². The molecule has 16 heteroatoms. The first-order valence-electron chi connectivity index (χ1n) is 15.3. The van der Waals surface area contributed by atoms with Gasteiger partial charge in [-0.2, -0.15) is 0 Å². The van der Waals surface area contributed by atoms with E-state index in [9.17, 15) is 44.3 Å². The lowest BCUT2D eigenvalue weighted by Crippen LogP contribution is -2.50. The Kier molecular flexibility index (Phi) is 13.0. The summed E-state index contributed by atoms with van der Waals surface area (Å²) >= 11 is 0. The number of nitro benzene ring substituents is 1. The number of rotatable bonds is 15. The van der Waals surface area contributed by atoms with E-state index in [1.54, 1.807) is 19.2 Å². The van der Waals surface area contributed by atoms with E-state index in [0.29, 0.717) is 24.3 Å². The van der Waals surface area contributed by atoms with E-state index in [1.165, 1.54) is 24.3 Å². The van der Waals surface area contributed by atoms with Crippen molar-refractivity contribution in [3.63, 3.8) is 0 Å². The Morgan fingerprint density at radius 2 is 1.50 bits per heavy atom. The number of benzene rings is 2. The van der Waals surface area contributed by atoms with Gasteiger partial charge in [-0.1, -0.05) is 32.9 Å². The molecule has 0 spiro atoms. The third-order valence-electron chi connectivity index (χ3n) is 7.60. The van der Waals surface area contributed by atoms with Crippen molar-refractivity contribution in [1.82, 2.24) is 15.5 Å². The van der Waals surface area contributed by atoms with Crippen LogP contribution in [0.5, 0.6) is 0 Å². The van der Waals surface area contributed by atoms with Gasteiger partial charge in [0.25, 0.3) is 5.69 Å². The number of non-ortho nitro benzene ring substituents is 1. The molecule has 1 saturated heterocycles. The van der Waals surface area contributed by atoms with Crippen molar-refractivity contribution in [2.45, 2.75) is 64.1 Å². The first-order valence-corrected chi connectivity index (χ1v) is 15.3. The lowest BCUT2D eigenvalue weighted by molar-refractivity contribution is -0.384. The number of carboxylic acid groups (broad SMARTS) is 2. The van der Waals surface area contributed by atoms with E-state index in [-0.39, 0.29) is 36.5 Å². The summed E-state index contributed by atoms with van der Waals surface area (Å²) in [5.41, 5.74) is 1.38. The maximum Gasteiger partial charge on any atom is 0.328 e. The number of likely N-dealkylation sites (tertiary alicyclic amines) is 1. The molecule has 0 saturated carbocycles. The van der Waals surface area contributed by atoms with Gasteiger partial charge in [-0.25, -0.2) is 14.4 Å². The Labute approximate surface area is 277 Å². The number of nitrogens with one attached hydrogen (secondary N) is 4. The van der Waals surface area contributed by atoms with Crippen LogP contribution in [0.2, 0.25) is 0 Å². The number of anilines is 2. The molecule has 2 aromatic carbocycles. The molecule has 260 valence electrons. The van der Waals surface area contributed by atoms with Crippen molar-refractivity contribution in [3.8, 4) is 0 Å². The van der Waals surface area contributed by atoms with Crippen LogP contribution in [0.15, 0.2) is 48.5 Å². The lowest BCUT2D eigenvalue weighted by atomic mass is 9.92. The lowest BCUT2D eigenvalue weighted by Gasteiger charge is -2.22. The Balaban J connectivity index is 1.48. The highest BCUT2D eigenvalue weighted by Gasteiger charge is 2.37. The molecule has 4 atom stereocenters. The number of carbonyl (C=O) groups is 5. The van der Waals surface area contributed by atoms with Gasteiger partial charge in [-0.3, -0.25) is 24.6 Å². The molecule has 6 N–H and O–H groups in total. The van der Waals surface area contributed by atoms with Crippen molar-refractivity contribution in [3.05, 3.63) is 64.2 Å². The first-order chi connectivity index (χ1) is 22.5. The van der Waals surface area contributed by atoms with E-state index < -0.39 is 59.4 Å². The maximum atomic E-state index is 13.1. The summed E-state index contributed by atoms with van der Waals surface area (Å²) < 4.78 is 5.40. The van der Waals surface area contributed by atoms with Crippen LogP contribution in [-0.2, 0) is 23.9 Å². The van der Waals surface area contributed by atoms with E-state index in [1.807, 2.05) is 37.8 Å². The minimum absolute atomic E-state index is 0.0466. The van der Waals surface area contributed by atoms with Gasteiger partial charge in [0.05, 0.1) is 17.6 Å². The highest BCUT2D eigenvalue weighted by Crippen LogP contribution is 2.31. The zero-order valence-corrected chi connectivity index (χ0v) is 27.2. The predicted molar refractivity (Wildman–Crippen MR) is 175 cm³/mol. The third-order valence-corrected chi connectivity index (χ3v) is 7.60. The SMILES string of the molecule is CN1CC(c2ccc(NC(=O)Nc3ccc([N+](=O)[O-])cc3)cc2)CC1C(=O)NC(COCCC(NC(=O)CC(C)(C)C)C(=O)O)C(=O)O. The number of amides is 4.